The second-order valence-electron chi connectivity index (χ2n) is 2.41. The third-order valence-corrected chi connectivity index (χ3v) is 1.47. The van der Waals surface area contributed by atoms with E-state index < -0.39 is 28.9 Å². The molecule has 6 heteroatoms. The number of rotatable bonds is 2. The lowest BCUT2D eigenvalue weighted by atomic mass is 10.3. The van der Waals surface area contributed by atoms with Gasteiger partial charge in [0.15, 0.2) is 0 Å². The van der Waals surface area contributed by atoms with Crippen LogP contribution in [0.4, 0.5) is 18.9 Å². The van der Waals surface area contributed by atoms with Crippen LogP contribution in [0, 0.1) is 0 Å². The number of hydrogen-bond acceptors (Lipinski definition) is 2. The molecule has 0 aliphatic rings. The van der Waals surface area contributed by atoms with E-state index in [4.69, 9.17) is 5.11 Å². The average Bonchev–Trinajstić information content (AvgIpc) is 2.16. The summed E-state index contributed by atoms with van der Waals surface area (Å²) in [6, 6.07) is 4.77. The Balaban J connectivity index is 2.95. The minimum atomic E-state index is -3.44. The molecule has 0 radical (unpaired) electrons. The van der Waals surface area contributed by atoms with Crippen LogP contribution in [0.15, 0.2) is 24.3 Å². The Morgan fingerprint density at radius 3 is 2.43 bits per heavy atom. The highest BCUT2D eigenvalue weighted by Crippen LogP contribution is 2.27. The molecule has 0 fully saturated rings. The predicted molar refractivity (Wildman–Crippen MR) is 42.7 cm³/mol. The first-order valence-electron chi connectivity index (χ1n) is 3.60. The monoisotopic (exact) mass is 205 g/mol. The molecular weight excluding hydrogens is 199 g/mol. The highest BCUT2D eigenvalue weighted by atomic mass is 19.3. The molecule has 0 bridgehead atoms. The molecule has 0 saturated carbocycles. The van der Waals surface area contributed by atoms with Gasteiger partial charge in [-0.15, -0.1) is 5.12 Å². The third kappa shape index (κ3) is 1.95. The number of benzene rings is 1. The fraction of sp³-hybridized carbons (Fsp3) is 0.125. The molecule has 1 rings (SSSR count). The highest BCUT2D eigenvalue weighted by molar-refractivity contribution is 5.94. The van der Waals surface area contributed by atoms with Crippen LogP contribution < -0.4 is 5.12 Å². The zero-order chi connectivity index (χ0) is 10.7. The SMILES string of the molecule is O=C(C(F)F)N(F)c1ccccc1O. The molecule has 1 N–H and O–H groups in total. The van der Waals surface area contributed by atoms with Gasteiger partial charge in [-0.05, 0) is 12.1 Å². The number of phenols is 1. The van der Waals surface area contributed by atoms with Crippen LogP contribution in [-0.4, -0.2) is 17.4 Å². The lowest BCUT2D eigenvalue weighted by molar-refractivity contribution is -0.131. The highest BCUT2D eigenvalue weighted by Gasteiger charge is 2.26. The molecule has 14 heavy (non-hydrogen) atoms. The number of aromatic hydroxyl groups is 1. The smallest absolute Gasteiger partial charge is 0.322 e. The van der Waals surface area contributed by atoms with Crippen molar-refractivity contribution < 1.29 is 23.2 Å². The summed E-state index contributed by atoms with van der Waals surface area (Å²) in [4.78, 5) is 10.5. The number of phenolic OH excluding ortho intramolecular Hbond substituents is 1. The third-order valence-electron chi connectivity index (χ3n) is 1.47. The molecule has 0 aliphatic heterocycles. The van der Waals surface area contributed by atoms with Crippen molar-refractivity contribution in [2.45, 2.75) is 6.43 Å². The lowest BCUT2D eigenvalue weighted by Crippen LogP contribution is -2.28. The van der Waals surface area contributed by atoms with Gasteiger partial charge >= 0.3 is 12.3 Å². The first-order chi connectivity index (χ1) is 6.54. The van der Waals surface area contributed by atoms with Crippen LogP contribution in [-0.2, 0) is 4.79 Å². The number of carbonyl (C=O) groups is 1. The Labute approximate surface area is 77.3 Å². The van der Waals surface area contributed by atoms with Crippen LogP contribution in [0.25, 0.3) is 0 Å². The zero-order valence-electron chi connectivity index (χ0n) is 6.82. The maximum Gasteiger partial charge on any atom is 0.322 e. The molecule has 0 aliphatic carbocycles. The number of para-hydroxylation sites is 2. The summed E-state index contributed by atoms with van der Waals surface area (Å²) in [5, 5.41) is 8.26. The van der Waals surface area contributed by atoms with E-state index in [9.17, 15) is 18.1 Å². The minimum absolute atomic E-state index is 0.580. The molecule has 0 heterocycles. The van der Waals surface area contributed by atoms with Gasteiger partial charge in [0, 0.05) is 0 Å². The van der Waals surface area contributed by atoms with E-state index in [-0.39, 0.29) is 0 Å². The number of halogens is 3. The summed E-state index contributed by atoms with van der Waals surface area (Å²) in [6.07, 6.45) is -3.44. The number of nitrogens with zero attached hydrogens (tertiary/aromatic N) is 1. The van der Waals surface area contributed by atoms with E-state index in [0.717, 1.165) is 12.1 Å². The second kappa shape index (κ2) is 3.99. The molecule has 3 nitrogen and oxygen atoms in total. The van der Waals surface area contributed by atoms with Crippen LogP contribution in [0.5, 0.6) is 5.75 Å². The Kier molecular flexibility index (Phi) is 2.95. The van der Waals surface area contributed by atoms with E-state index in [1.165, 1.54) is 12.1 Å². The van der Waals surface area contributed by atoms with Gasteiger partial charge in [-0.1, -0.05) is 16.6 Å². The summed E-state index contributed by atoms with van der Waals surface area (Å²) < 4.78 is 36.5. The van der Waals surface area contributed by atoms with Gasteiger partial charge in [-0.2, -0.15) is 8.78 Å². The van der Waals surface area contributed by atoms with Gasteiger partial charge in [-0.3, -0.25) is 4.79 Å². The Morgan fingerprint density at radius 2 is 1.93 bits per heavy atom. The maximum absolute atomic E-state index is 12.9. The summed E-state index contributed by atoms with van der Waals surface area (Å²) in [7, 11) is 0. The molecule has 0 aromatic heterocycles. The van der Waals surface area contributed by atoms with E-state index in [0.29, 0.717) is 0 Å². The van der Waals surface area contributed by atoms with Crippen molar-refractivity contribution in [2.24, 2.45) is 0 Å². The Hall–Kier alpha value is -1.72. The summed E-state index contributed by atoms with van der Waals surface area (Å²) >= 11 is 0. The van der Waals surface area contributed by atoms with E-state index in [2.05, 4.69) is 0 Å². The maximum atomic E-state index is 12.9. The first-order valence-corrected chi connectivity index (χ1v) is 3.60. The molecule has 1 aromatic carbocycles. The fourth-order valence-corrected chi connectivity index (χ4v) is 0.835. The molecule has 0 spiro atoms. The summed E-state index contributed by atoms with van der Waals surface area (Å²) in [6.45, 7) is 0. The second-order valence-corrected chi connectivity index (χ2v) is 2.41. The average molecular weight is 205 g/mol. The van der Waals surface area contributed by atoms with E-state index >= 15 is 0 Å². The molecule has 0 saturated heterocycles. The van der Waals surface area contributed by atoms with Crippen molar-refractivity contribution in [3.63, 3.8) is 0 Å². The Bertz CT molecular complexity index is 343. The fourth-order valence-electron chi connectivity index (χ4n) is 0.835. The van der Waals surface area contributed by atoms with Gasteiger partial charge in [0.25, 0.3) is 0 Å². The molecule has 1 aromatic rings. The number of amides is 1. The van der Waals surface area contributed by atoms with Crippen molar-refractivity contribution in [1.29, 1.82) is 0 Å². The van der Waals surface area contributed by atoms with Crippen molar-refractivity contribution in [1.82, 2.24) is 0 Å². The zero-order valence-corrected chi connectivity index (χ0v) is 6.82. The topological polar surface area (TPSA) is 40.5 Å². The van der Waals surface area contributed by atoms with Crippen LogP contribution in [0.3, 0.4) is 0 Å². The van der Waals surface area contributed by atoms with Crippen molar-refractivity contribution >= 4 is 11.6 Å². The number of carbonyl (C=O) groups excluding carboxylic acids is 1. The lowest BCUT2D eigenvalue weighted by Gasteiger charge is -2.11. The quantitative estimate of drug-likeness (QED) is 0.749. The molecular formula is C8H6F3NO2. The van der Waals surface area contributed by atoms with Crippen LogP contribution in [0.2, 0.25) is 0 Å². The van der Waals surface area contributed by atoms with Crippen molar-refractivity contribution in [2.75, 3.05) is 5.12 Å². The van der Waals surface area contributed by atoms with E-state index in [1.54, 1.807) is 0 Å². The summed E-state index contributed by atoms with van der Waals surface area (Å²) in [5.74, 6) is -2.59. The van der Waals surface area contributed by atoms with Gasteiger partial charge in [-0.25, -0.2) is 0 Å². The van der Waals surface area contributed by atoms with Gasteiger partial charge in [0.05, 0.1) is 0 Å². The number of alkyl halides is 2. The number of anilines is 1. The molecule has 0 atom stereocenters. The van der Waals surface area contributed by atoms with Crippen molar-refractivity contribution in [3.8, 4) is 5.75 Å². The normalized spacial score (nSPS) is 10.3. The van der Waals surface area contributed by atoms with Crippen LogP contribution in [0.1, 0.15) is 0 Å². The minimum Gasteiger partial charge on any atom is -0.506 e. The number of hydrogen-bond donors (Lipinski definition) is 1. The largest absolute Gasteiger partial charge is 0.506 e. The molecule has 76 valence electrons. The van der Waals surface area contributed by atoms with Crippen LogP contribution >= 0.6 is 0 Å². The van der Waals surface area contributed by atoms with Gasteiger partial charge in [0.2, 0.25) is 0 Å². The summed E-state index contributed by atoms with van der Waals surface area (Å²) in [5.41, 5.74) is -0.599. The first kappa shape index (κ1) is 10.4. The van der Waals surface area contributed by atoms with Gasteiger partial charge in [0.1, 0.15) is 11.4 Å². The van der Waals surface area contributed by atoms with Gasteiger partial charge < -0.3 is 5.11 Å². The predicted octanol–water partition coefficient (Wildman–Crippen LogP) is 1.87. The Morgan fingerprint density at radius 1 is 1.36 bits per heavy atom. The van der Waals surface area contributed by atoms with E-state index in [1.807, 2.05) is 0 Å². The standard InChI is InChI=1S/C8H6F3NO2/c9-7(10)8(14)12(11)5-3-1-2-4-6(5)13/h1-4,7,13H. The molecule has 1 amide bonds. The molecule has 0 unspecified atom stereocenters. The van der Waals surface area contributed by atoms with Crippen molar-refractivity contribution in [3.05, 3.63) is 24.3 Å².